The van der Waals surface area contributed by atoms with Crippen LogP contribution in [0.15, 0.2) is 24.3 Å². The number of rotatable bonds is 2. The predicted octanol–water partition coefficient (Wildman–Crippen LogP) is 2.23. The molecule has 0 bridgehead atoms. The molecule has 2 nitrogen and oxygen atoms in total. The molecule has 0 aromatic heterocycles. The fourth-order valence-corrected chi connectivity index (χ4v) is 0.810. The molecular weight excluding hydrogens is 152 g/mol. The predicted molar refractivity (Wildman–Crippen MR) is 39.5 cm³/mol. The summed E-state index contributed by atoms with van der Waals surface area (Å²) in [5.41, 5.74) is 0. The number of hydrogen-bond acceptors (Lipinski definition) is 2. The summed E-state index contributed by atoms with van der Waals surface area (Å²) in [6, 6.07) is 7.17. The zero-order valence-corrected chi connectivity index (χ0v) is 6.26. The Labute approximate surface area is 64.5 Å². The molecule has 0 unspecified atom stereocenters. The molecule has 1 rings (SSSR count). The molecule has 0 atom stereocenters. The SMILES string of the molecule is COc1ccccc1OCl. The van der Waals surface area contributed by atoms with Crippen molar-refractivity contribution in [2.75, 3.05) is 7.11 Å². The van der Waals surface area contributed by atoms with Gasteiger partial charge in [-0.05, 0) is 12.1 Å². The van der Waals surface area contributed by atoms with Crippen LogP contribution in [0.2, 0.25) is 0 Å². The van der Waals surface area contributed by atoms with Crippen molar-refractivity contribution in [1.82, 2.24) is 0 Å². The molecule has 0 fully saturated rings. The van der Waals surface area contributed by atoms with E-state index in [-0.39, 0.29) is 0 Å². The molecule has 54 valence electrons. The molecule has 0 saturated carbocycles. The molecule has 0 radical (unpaired) electrons. The van der Waals surface area contributed by atoms with Crippen LogP contribution in [0.4, 0.5) is 0 Å². The third-order valence-corrected chi connectivity index (χ3v) is 1.32. The van der Waals surface area contributed by atoms with Gasteiger partial charge in [0.1, 0.15) is 11.9 Å². The van der Waals surface area contributed by atoms with E-state index in [1.54, 1.807) is 19.2 Å². The van der Waals surface area contributed by atoms with Crippen molar-refractivity contribution >= 4 is 11.9 Å². The maximum atomic E-state index is 5.13. The summed E-state index contributed by atoms with van der Waals surface area (Å²) in [5, 5.41) is 0. The van der Waals surface area contributed by atoms with E-state index in [4.69, 9.17) is 16.6 Å². The first-order chi connectivity index (χ1) is 4.88. The Morgan fingerprint density at radius 1 is 1.20 bits per heavy atom. The van der Waals surface area contributed by atoms with Crippen LogP contribution < -0.4 is 9.03 Å². The van der Waals surface area contributed by atoms with Gasteiger partial charge in [-0.2, -0.15) is 0 Å². The fraction of sp³-hybridized carbons (Fsp3) is 0.143. The molecule has 0 saturated heterocycles. The largest absolute Gasteiger partial charge is 0.493 e. The van der Waals surface area contributed by atoms with Crippen LogP contribution in [0.25, 0.3) is 0 Å². The number of para-hydroxylation sites is 2. The van der Waals surface area contributed by atoms with Gasteiger partial charge in [-0.15, -0.1) is 0 Å². The van der Waals surface area contributed by atoms with E-state index < -0.39 is 0 Å². The van der Waals surface area contributed by atoms with Crippen LogP contribution in [0.5, 0.6) is 11.5 Å². The molecule has 0 N–H and O–H groups in total. The van der Waals surface area contributed by atoms with Gasteiger partial charge in [0, 0.05) is 0 Å². The van der Waals surface area contributed by atoms with Crippen LogP contribution in [0, 0.1) is 0 Å². The average Bonchev–Trinajstić information content (AvgIpc) is 2.04. The van der Waals surface area contributed by atoms with Crippen molar-refractivity contribution in [3.8, 4) is 11.5 Å². The second kappa shape index (κ2) is 3.32. The molecule has 0 aliphatic carbocycles. The summed E-state index contributed by atoms with van der Waals surface area (Å²) in [7, 11) is 1.56. The maximum Gasteiger partial charge on any atom is 0.188 e. The Morgan fingerprint density at radius 3 is 2.20 bits per heavy atom. The number of benzene rings is 1. The number of ether oxygens (including phenoxy) is 1. The van der Waals surface area contributed by atoms with Gasteiger partial charge in [0.15, 0.2) is 11.5 Å². The maximum absolute atomic E-state index is 5.13. The summed E-state index contributed by atoms with van der Waals surface area (Å²) in [6.45, 7) is 0. The van der Waals surface area contributed by atoms with Crippen LogP contribution in [-0.4, -0.2) is 7.11 Å². The Balaban J connectivity index is 2.96. The second-order valence-electron chi connectivity index (χ2n) is 1.73. The summed E-state index contributed by atoms with van der Waals surface area (Å²) >= 11 is 5.13. The summed E-state index contributed by atoms with van der Waals surface area (Å²) in [4.78, 5) is 0. The number of halogens is 1. The van der Waals surface area contributed by atoms with Crippen LogP contribution in [0.1, 0.15) is 0 Å². The minimum atomic E-state index is 0.534. The highest BCUT2D eigenvalue weighted by Gasteiger charge is 1.99. The van der Waals surface area contributed by atoms with Crippen LogP contribution in [0.3, 0.4) is 0 Å². The molecule has 1 aromatic rings. The van der Waals surface area contributed by atoms with Crippen molar-refractivity contribution in [3.63, 3.8) is 0 Å². The lowest BCUT2D eigenvalue weighted by molar-refractivity contribution is 0.397. The van der Waals surface area contributed by atoms with E-state index in [0.29, 0.717) is 11.5 Å². The van der Waals surface area contributed by atoms with Gasteiger partial charge in [0.25, 0.3) is 0 Å². The quantitative estimate of drug-likeness (QED) is 0.657. The zero-order valence-electron chi connectivity index (χ0n) is 5.50. The summed E-state index contributed by atoms with van der Waals surface area (Å²) in [6.07, 6.45) is 0. The molecule has 1 aromatic carbocycles. The van der Waals surface area contributed by atoms with Crippen molar-refractivity contribution in [2.45, 2.75) is 0 Å². The molecule has 10 heavy (non-hydrogen) atoms. The van der Waals surface area contributed by atoms with E-state index in [0.717, 1.165) is 0 Å². The highest BCUT2D eigenvalue weighted by atomic mass is 35.5. The van der Waals surface area contributed by atoms with Gasteiger partial charge < -0.3 is 9.03 Å². The third-order valence-electron chi connectivity index (χ3n) is 1.15. The van der Waals surface area contributed by atoms with Gasteiger partial charge in [-0.1, -0.05) is 12.1 Å². The van der Waals surface area contributed by atoms with Gasteiger partial charge in [0.2, 0.25) is 0 Å². The van der Waals surface area contributed by atoms with E-state index >= 15 is 0 Å². The molecule has 0 heterocycles. The summed E-state index contributed by atoms with van der Waals surface area (Å²) in [5.74, 6) is 1.17. The average molecular weight is 159 g/mol. The van der Waals surface area contributed by atoms with E-state index in [1.807, 2.05) is 12.1 Å². The fourth-order valence-electron chi connectivity index (χ4n) is 0.683. The van der Waals surface area contributed by atoms with Crippen molar-refractivity contribution < 1.29 is 9.03 Å². The summed E-state index contributed by atoms with van der Waals surface area (Å²) < 4.78 is 9.41. The van der Waals surface area contributed by atoms with Crippen molar-refractivity contribution in [2.24, 2.45) is 0 Å². The van der Waals surface area contributed by atoms with Gasteiger partial charge in [-0.25, -0.2) is 0 Å². The third kappa shape index (κ3) is 1.33. The van der Waals surface area contributed by atoms with E-state index in [2.05, 4.69) is 4.29 Å². The lowest BCUT2D eigenvalue weighted by Crippen LogP contribution is -1.84. The lowest BCUT2D eigenvalue weighted by Gasteiger charge is -2.02. The number of hydrogen-bond donors (Lipinski definition) is 0. The van der Waals surface area contributed by atoms with Gasteiger partial charge in [-0.3, -0.25) is 0 Å². The Hall–Kier alpha value is -0.890. The first-order valence-corrected chi connectivity index (χ1v) is 3.11. The zero-order chi connectivity index (χ0) is 7.40. The van der Waals surface area contributed by atoms with E-state index in [9.17, 15) is 0 Å². The topological polar surface area (TPSA) is 18.5 Å². The lowest BCUT2D eigenvalue weighted by atomic mass is 10.3. The van der Waals surface area contributed by atoms with Gasteiger partial charge >= 0.3 is 0 Å². The molecule has 0 spiro atoms. The normalized spacial score (nSPS) is 9.00. The standard InChI is InChI=1S/C7H7ClO2/c1-9-6-4-2-3-5-7(6)10-8/h2-5H,1H3. The molecule has 3 heteroatoms. The second-order valence-corrected chi connectivity index (χ2v) is 1.88. The van der Waals surface area contributed by atoms with E-state index in [1.165, 1.54) is 0 Å². The first kappa shape index (κ1) is 7.22. The molecule has 0 amide bonds. The van der Waals surface area contributed by atoms with Gasteiger partial charge in [0.05, 0.1) is 7.11 Å². The molecule has 0 aliphatic heterocycles. The van der Waals surface area contributed by atoms with Crippen molar-refractivity contribution in [3.05, 3.63) is 24.3 Å². The highest BCUT2D eigenvalue weighted by Crippen LogP contribution is 2.26. The molecular formula is C7H7ClO2. The van der Waals surface area contributed by atoms with Crippen molar-refractivity contribution in [1.29, 1.82) is 0 Å². The molecule has 0 aliphatic rings. The Kier molecular flexibility index (Phi) is 2.40. The monoisotopic (exact) mass is 158 g/mol. The smallest absolute Gasteiger partial charge is 0.188 e. The van der Waals surface area contributed by atoms with Crippen LogP contribution >= 0.6 is 11.9 Å². The van der Waals surface area contributed by atoms with Crippen LogP contribution in [-0.2, 0) is 0 Å². The minimum Gasteiger partial charge on any atom is -0.493 e. The Bertz CT molecular complexity index is 190. The highest BCUT2D eigenvalue weighted by molar-refractivity contribution is 6.09. The number of methoxy groups -OCH3 is 1. The Morgan fingerprint density at radius 2 is 1.80 bits per heavy atom. The first-order valence-electron chi connectivity index (χ1n) is 2.80. The minimum absolute atomic E-state index is 0.534.